The first-order valence-corrected chi connectivity index (χ1v) is 8.53. The number of hydrogen-bond acceptors (Lipinski definition) is 3. The Morgan fingerprint density at radius 1 is 1.17 bits per heavy atom. The lowest BCUT2D eigenvalue weighted by Crippen LogP contribution is -2.42. The third-order valence-corrected chi connectivity index (χ3v) is 3.39. The van der Waals surface area contributed by atoms with Crippen LogP contribution in [0.15, 0.2) is 24.3 Å². The Morgan fingerprint density at radius 2 is 1.67 bits per heavy atom. The van der Waals surface area contributed by atoms with E-state index in [0.717, 1.165) is 6.07 Å². The number of benzene rings is 1. The monoisotopic (exact) mass is 340 g/mol. The molecule has 0 bridgehead atoms. The molecular weight excluding hydrogens is 311 g/mol. The molecule has 0 aromatic heterocycles. The standard InChI is InChI=1S/C10H11FN2O3.C6H12.C2H6/c11-7-3-1-2-6(4-7)9(14)13-5-8(12)10(15)16;1-2-4-6-5-3-1;1-2/h1-4,8H,5,12H2,(H,13,14)(H,15,16);1-6H2;1-2H3/t8-;;/m1../s1. The van der Waals surface area contributed by atoms with Crippen LogP contribution in [-0.2, 0) is 4.79 Å². The Morgan fingerprint density at radius 3 is 2.08 bits per heavy atom. The van der Waals surface area contributed by atoms with Crippen molar-refractivity contribution in [2.45, 2.75) is 58.4 Å². The Kier molecular flexibility index (Phi) is 12.4. The first kappa shape index (κ1) is 22.1. The molecule has 0 heterocycles. The van der Waals surface area contributed by atoms with Gasteiger partial charge in [0.05, 0.1) is 0 Å². The van der Waals surface area contributed by atoms with E-state index < -0.39 is 23.7 Å². The van der Waals surface area contributed by atoms with E-state index in [4.69, 9.17) is 10.8 Å². The second-order valence-electron chi connectivity index (χ2n) is 5.29. The first-order valence-electron chi connectivity index (χ1n) is 8.53. The number of hydrogen-bond donors (Lipinski definition) is 3. The lowest BCUT2D eigenvalue weighted by Gasteiger charge is -2.08. The topological polar surface area (TPSA) is 92.4 Å². The van der Waals surface area contributed by atoms with Gasteiger partial charge < -0.3 is 16.2 Å². The van der Waals surface area contributed by atoms with Crippen LogP contribution in [0.1, 0.15) is 62.7 Å². The Bertz CT molecular complexity index is 479. The van der Waals surface area contributed by atoms with Crippen molar-refractivity contribution in [3.8, 4) is 0 Å². The summed E-state index contributed by atoms with van der Waals surface area (Å²) in [5.74, 6) is -2.30. The smallest absolute Gasteiger partial charge is 0.322 e. The van der Waals surface area contributed by atoms with Crippen molar-refractivity contribution in [3.63, 3.8) is 0 Å². The molecule has 1 amide bonds. The molecule has 0 aliphatic heterocycles. The first-order chi connectivity index (χ1) is 11.5. The molecule has 1 saturated carbocycles. The highest BCUT2D eigenvalue weighted by Gasteiger charge is 2.13. The molecule has 1 aromatic carbocycles. The molecule has 1 aliphatic rings. The predicted octanol–water partition coefficient (Wildman–Crippen LogP) is 3.33. The average Bonchev–Trinajstić information content (AvgIpc) is 2.63. The van der Waals surface area contributed by atoms with Crippen molar-refractivity contribution in [2.75, 3.05) is 6.54 Å². The van der Waals surface area contributed by atoms with Gasteiger partial charge in [0.1, 0.15) is 11.9 Å². The number of amides is 1. The second-order valence-corrected chi connectivity index (χ2v) is 5.29. The van der Waals surface area contributed by atoms with Crippen LogP contribution in [0.3, 0.4) is 0 Å². The molecule has 0 saturated heterocycles. The maximum absolute atomic E-state index is 12.8. The zero-order valence-corrected chi connectivity index (χ0v) is 14.6. The molecule has 1 aromatic rings. The van der Waals surface area contributed by atoms with Gasteiger partial charge in [0.15, 0.2) is 0 Å². The molecule has 1 atom stereocenters. The van der Waals surface area contributed by atoms with E-state index in [1.165, 1.54) is 56.7 Å². The van der Waals surface area contributed by atoms with Crippen LogP contribution < -0.4 is 11.1 Å². The van der Waals surface area contributed by atoms with Crippen LogP contribution >= 0.6 is 0 Å². The van der Waals surface area contributed by atoms with Gasteiger partial charge >= 0.3 is 5.97 Å². The van der Waals surface area contributed by atoms with Gasteiger partial charge in [0, 0.05) is 12.1 Å². The summed E-state index contributed by atoms with van der Waals surface area (Å²) in [6, 6.07) is 3.91. The van der Waals surface area contributed by atoms with E-state index in [1.54, 1.807) is 0 Å². The van der Waals surface area contributed by atoms with Gasteiger partial charge in [0.25, 0.3) is 5.91 Å². The van der Waals surface area contributed by atoms with Gasteiger partial charge in [-0.15, -0.1) is 0 Å². The predicted molar refractivity (Wildman–Crippen MR) is 93.4 cm³/mol. The number of nitrogens with one attached hydrogen (secondary N) is 1. The summed E-state index contributed by atoms with van der Waals surface area (Å²) in [7, 11) is 0. The Hall–Kier alpha value is -1.95. The van der Waals surface area contributed by atoms with Crippen LogP contribution in [0.4, 0.5) is 4.39 Å². The van der Waals surface area contributed by atoms with Crippen molar-refractivity contribution in [1.29, 1.82) is 0 Å². The zero-order chi connectivity index (χ0) is 18.4. The van der Waals surface area contributed by atoms with Crippen molar-refractivity contribution in [3.05, 3.63) is 35.6 Å². The maximum Gasteiger partial charge on any atom is 0.322 e. The molecule has 1 fully saturated rings. The molecule has 4 N–H and O–H groups in total. The molecule has 24 heavy (non-hydrogen) atoms. The molecule has 6 heteroatoms. The van der Waals surface area contributed by atoms with E-state index in [1.807, 2.05) is 13.8 Å². The summed E-state index contributed by atoms with van der Waals surface area (Å²) < 4.78 is 12.8. The van der Waals surface area contributed by atoms with Gasteiger partial charge in [-0.25, -0.2) is 4.39 Å². The Balaban J connectivity index is 0.000000547. The van der Waals surface area contributed by atoms with Crippen LogP contribution in [0, 0.1) is 5.82 Å². The van der Waals surface area contributed by atoms with Crippen LogP contribution in [-0.4, -0.2) is 29.6 Å². The van der Waals surface area contributed by atoms with E-state index in [-0.39, 0.29) is 12.1 Å². The fourth-order valence-corrected chi connectivity index (χ4v) is 2.08. The van der Waals surface area contributed by atoms with Gasteiger partial charge in [-0.05, 0) is 18.2 Å². The highest BCUT2D eigenvalue weighted by Crippen LogP contribution is 2.15. The van der Waals surface area contributed by atoms with Crippen LogP contribution in [0.2, 0.25) is 0 Å². The van der Waals surface area contributed by atoms with Crippen molar-refractivity contribution < 1.29 is 19.1 Å². The number of carboxylic acid groups (broad SMARTS) is 1. The summed E-state index contributed by atoms with van der Waals surface area (Å²) in [6.07, 6.45) is 9.00. The van der Waals surface area contributed by atoms with Gasteiger partial charge in [0.2, 0.25) is 0 Å². The maximum atomic E-state index is 12.8. The Labute approximate surface area is 143 Å². The summed E-state index contributed by atoms with van der Waals surface area (Å²) in [5.41, 5.74) is 5.31. The largest absolute Gasteiger partial charge is 0.480 e. The molecule has 0 radical (unpaired) electrons. The molecule has 136 valence electrons. The van der Waals surface area contributed by atoms with E-state index in [0.29, 0.717) is 0 Å². The third-order valence-electron chi connectivity index (χ3n) is 3.39. The van der Waals surface area contributed by atoms with E-state index in [2.05, 4.69) is 5.32 Å². The minimum Gasteiger partial charge on any atom is -0.480 e. The number of rotatable bonds is 4. The number of nitrogens with two attached hydrogens (primary N) is 1. The number of carbonyl (C=O) groups is 2. The number of carbonyl (C=O) groups excluding carboxylic acids is 1. The van der Waals surface area contributed by atoms with Gasteiger partial charge in [-0.1, -0.05) is 58.4 Å². The summed E-state index contributed by atoms with van der Waals surface area (Å²) in [5, 5.41) is 10.8. The lowest BCUT2D eigenvalue weighted by atomic mass is 10.0. The van der Waals surface area contributed by atoms with E-state index >= 15 is 0 Å². The molecular formula is C18H29FN2O3. The highest BCUT2D eigenvalue weighted by atomic mass is 19.1. The quantitative estimate of drug-likeness (QED) is 0.784. The molecule has 0 spiro atoms. The van der Waals surface area contributed by atoms with Crippen molar-refractivity contribution in [1.82, 2.24) is 5.32 Å². The second kappa shape index (κ2) is 13.5. The van der Waals surface area contributed by atoms with Gasteiger partial charge in [-0.2, -0.15) is 0 Å². The van der Waals surface area contributed by atoms with Crippen molar-refractivity contribution >= 4 is 11.9 Å². The van der Waals surface area contributed by atoms with Crippen LogP contribution in [0.25, 0.3) is 0 Å². The van der Waals surface area contributed by atoms with E-state index in [9.17, 15) is 14.0 Å². The minimum atomic E-state index is -1.21. The highest BCUT2D eigenvalue weighted by molar-refractivity contribution is 5.94. The zero-order valence-electron chi connectivity index (χ0n) is 14.6. The minimum absolute atomic E-state index is 0.123. The number of halogens is 1. The summed E-state index contributed by atoms with van der Waals surface area (Å²) in [4.78, 5) is 21.8. The SMILES string of the molecule is C1CCCCC1.CC.N[C@H](CNC(=O)c1cccc(F)c1)C(=O)O. The molecule has 5 nitrogen and oxygen atoms in total. The summed E-state index contributed by atoms with van der Waals surface area (Å²) >= 11 is 0. The third kappa shape index (κ3) is 9.94. The average molecular weight is 340 g/mol. The molecule has 1 aliphatic carbocycles. The fraction of sp³-hybridized carbons (Fsp3) is 0.556. The number of carboxylic acids is 1. The van der Waals surface area contributed by atoms with Crippen molar-refractivity contribution in [2.24, 2.45) is 5.73 Å². The van der Waals surface area contributed by atoms with Crippen LogP contribution in [0.5, 0.6) is 0 Å². The molecule has 0 unspecified atom stereocenters. The fourth-order valence-electron chi connectivity index (χ4n) is 2.08. The summed E-state index contributed by atoms with van der Waals surface area (Å²) in [6.45, 7) is 3.80. The lowest BCUT2D eigenvalue weighted by molar-refractivity contribution is -0.138. The van der Waals surface area contributed by atoms with Gasteiger partial charge in [-0.3, -0.25) is 9.59 Å². The number of aliphatic carboxylic acids is 1. The molecule has 2 rings (SSSR count). The normalized spacial score (nSPS) is 14.2.